The molecule has 0 amide bonds. The summed E-state index contributed by atoms with van der Waals surface area (Å²) < 4.78 is 11.9. The van der Waals surface area contributed by atoms with E-state index in [-0.39, 0.29) is 23.6 Å². The third kappa shape index (κ3) is 3.69. The summed E-state index contributed by atoms with van der Waals surface area (Å²) in [4.78, 5) is 22.6. The van der Waals surface area contributed by atoms with Crippen LogP contribution < -0.4 is 4.74 Å². The van der Waals surface area contributed by atoms with Gasteiger partial charge in [0.1, 0.15) is 6.61 Å². The maximum Gasteiger partial charge on any atom is 0.338 e. The van der Waals surface area contributed by atoms with Gasteiger partial charge in [0.15, 0.2) is 5.75 Å². The van der Waals surface area contributed by atoms with E-state index >= 15 is 0 Å². The number of nitrogens with zero attached hydrogens (tertiary/aromatic N) is 3. The largest absolute Gasteiger partial charge is 0.490 e. The summed E-state index contributed by atoms with van der Waals surface area (Å²) in [7, 11) is 1.33. The molecule has 26 heavy (non-hydrogen) atoms. The molecule has 3 rings (SSSR count). The topological polar surface area (TPSA) is 96.5 Å². The lowest BCUT2D eigenvalue weighted by molar-refractivity contribution is -0.385. The first kappa shape index (κ1) is 17.2. The van der Waals surface area contributed by atoms with Crippen molar-refractivity contribution in [1.29, 1.82) is 0 Å². The first-order valence-corrected chi connectivity index (χ1v) is 7.67. The second kappa shape index (κ2) is 7.47. The van der Waals surface area contributed by atoms with E-state index in [9.17, 15) is 14.9 Å². The molecule has 3 aromatic rings. The van der Waals surface area contributed by atoms with Crippen molar-refractivity contribution in [1.82, 2.24) is 9.78 Å². The van der Waals surface area contributed by atoms with Crippen molar-refractivity contribution in [3.8, 4) is 11.4 Å². The number of nitro benzene ring substituents is 1. The number of carbonyl (C=O) groups excluding carboxylic acids is 1. The van der Waals surface area contributed by atoms with Gasteiger partial charge in [-0.05, 0) is 35.9 Å². The highest BCUT2D eigenvalue weighted by Gasteiger charge is 2.19. The van der Waals surface area contributed by atoms with Crippen molar-refractivity contribution in [2.45, 2.75) is 6.61 Å². The summed E-state index contributed by atoms with van der Waals surface area (Å²) in [5.74, 6) is -0.562. The number of nitro groups is 1. The summed E-state index contributed by atoms with van der Waals surface area (Å²) in [5, 5.41) is 15.2. The van der Waals surface area contributed by atoms with Gasteiger partial charge >= 0.3 is 11.7 Å². The molecule has 0 atom stereocenters. The van der Waals surface area contributed by atoms with E-state index in [0.717, 1.165) is 17.3 Å². The van der Waals surface area contributed by atoms with Gasteiger partial charge in [-0.1, -0.05) is 12.1 Å². The summed E-state index contributed by atoms with van der Waals surface area (Å²) in [5.41, 5.74) is 1.48. The standard InChI is InChI=1S/C18H15N3O5/c1-25-17-8-5-14(11-16(17)21(23)24)18(22)26-12-13-3-6-15(7-4-13)20-10-2-9-19-20/h2-11H,12H2,1H3. The van der Waals surface area contributed by atoms with Crippen LogP contribution in [0.1, 0.15) is 15.9 Å². The lowest BCUT2D eigenvalue weighted by Gasteiger charge is -2.07. The van der Waals surface area contributed by atoms with Gasteiger partial charge in [0.25, 0.3) is 0 Å². The van der Waals surface area contributed by atoms with Crippen molar-refractivity contribution in [3.05, 3.63) is 82.2 Å². The second-order valence-electron chi connectivity index (χ2n) is 5.34. The van der Waals surface area contributed by atoms with Crippen LogP contribution in [-0.2, 0) is 11.3 Å². The average molecular weight is 353 g/mol. The molecule has 0 aliphatic carbocycles. The number of carbonyl (C=O) groups is 1. The zero-order valence-corrected chi connectivity index (χ0v) is 13.9. The van der Waals surface area contributed by atoms with E-state index in [1.807, 2.05) is 36.5 Å². The van der Waals surface area contributed by atoms with Crippen LogP contribution in [0.4, 0.5) is 5.69 Å². The van der Waals surface area contributed by atoms with E-state index < -0.39 is 10.9 Å². The zero-order valence-electron chi connectivity index (χ0n) is 13.9. The molecule has 0 radical (unpaired) electrons. The second-order valence-corrected chi connectivity index (χ2v) is 5.34. The minimum absolute atomic E-state index is 0.0536. The molecule has 0 bridgehead atoms. The van der Waals surface area contributed by atoms with Crippen LogP contribution in [0.2, 0.25) is 0 Å². The first-order valence-electron chi connectivity index (χ1n) is 7.67. The predicted octanol–water partition coefficient (Wildman–Crippen LogP) is 3.15. The Bertz CT molecular complexity index is 921. The molecule has 1 heterocycles. The fourth-order valence-electron chi connectivity index (χ4n) is 2.36. The molecule has 0 spiro atoms. The summed E-state index contributed by atoms with van der Waals surface area (Å²) >= 11 is 0. The van der Waals surface area contributed by atoms with Crippen molar-refractivity contribution >= 4 is 11.7 Å². The maximum atomic E-state index is 12.1. The molecular formula is C18H15N3O5. The molecule has 0 unspecified atom stereocenters. The van der Waals surface area contributed by atoms with E-state index in [0.29, 0.717) is 0 Å². The Hall–Kier alpha value is -3.68. The molecule has 8 heteroatoms. The van der Waals surface area contributed by atoms with E-state index in [2.05, 4.69) is 5.10 Å². The highest BCUT2D eigenvalue weighted by molar-refractivity contribution is 5.90. The number of aromatic nitrogens is 2. The van der Waals surface area contributed by atoms with Crippen LogP contribution in [0.25, 0.3) is 5.69 Å². The fraction of sp³-hybridized carbons (Fsp3) is 0.111. The third-order valence-corrected chi connectivity index (χ3v) is 3.69. The van der Waals surface area contributed by atoms with Crippen molar-refractivity contribution in [3.63, 3.8) is 0 Å². The lowest BCUT2D eigenvalue weighted by atomic mass is 10.2. The highest BCUT2D eigenvalue weighted by atomic mass is 16.6. The van der Waals surface area contributed by atoms with Gasteiger partial charge in [-0.25, -0.2) is 9.48 Å². The van der Waals surface area contributed by atoms with E-state index in [4.69, 9.17) is 9.47 Å². The van der Waals surface area contributed by atoms with Crippen LogP contribution >= 0.6 is 0 Å². The fourth-order valence-corrected chi connectivity index (χ4v) is 2.36. The quantitative estimate of drug-likeness (QED) is 0.384. The number of hydrogen-bond acceptors (Lipinski definition) is 6. The molecule has 0 aliphatic heterocycles. The Kier molecular flexibility index (Phi) is 4.93. The number of hydrogen-bond donors (Lipinski definition) is 0. The monoisotopic (exact) mass is 353 g/mol. The minimum Gasteiger partial charge on any atom is -0.490 e. The summed E-state index contributed by atoms with van der Waals surface area (Å²) in [6.07, 6.45) is 3.51. The average Bonchev–Trinajstić information content (AvgIpc) is 3.20. The Balaban J connectivity index is 1.67. The number of rotatable bonds is 6. The Labute approximate surface area is 148 Å². The van der Waals surface area contributed by atoms with Gasteiger partial charge in [0.2, 0.25) is 0 Å². The molecule has 0 fully saturated rings. The maximum absolute atomic E-state index is 12.1. The zero-order chi connectivity index (χ0) is 18.5. The van der Waals surface area contributed by atoms with Crippen molar-refractivity contribution in [2.75, 3.05) is 7.11 Å². The molecule has 1 aromatic heterocycles. The molecule has 0 N–H and O–H groups in total. The smallest absolute Gasteiger partial charge is 0.338 e. The van der Waals surface area contributed by atoms with E-state index in [1.54, 1.807) is 10.9 Å². The first-order chi connectivity index (χ1) is 12.6. The van der Waals surface area contributed by atoms with Crippen molar-refractivity contribution < 1.29 is 19.2 Å². The summed E-state index contributed by atoms with van der Waals surface area (Å²) in [6.45, 7) is 0.0536. The van der Waals surface area contributed by atoms with Crippen molar-refractivity contribution in [2.24, 2.45) is 0 Å². The van der Waals surface area contributed by atoms with Gasteiger partial charge < -0.3 is 9.47 Å². The molecule has 0 saturated heterocycles. The SMILES string of the molecule is COc1ccc(C(=O)OCc2ccc(-n3cccn3)cc2)cc1[N+](=O)[O-]. The molecule has 8 nitrogen and oxygen atoms in total. The Morgan fingerprint density at radius 2 is 2.00 bits per heavy atom. The predicted molar refractivity (Wildman–Crippen MR) is 92.3 cm³/mol. The lowest BCUT2D eigenvalue weighted by Crippen LogP contribution is -2.06. The van der Waals surface area contributed by atoms with Crippen LogP contribution in [0.5, 0.6) is 5.75 Å². The van der Waals surface area contributed by atoms with Crippen LogP contribution in [0, 0.1) is 10.1 Å². The Morgan fingerprint density at radius 3 is 2.62 bits per heavy atom. The number of benzene rings is 2. The van der Waals surface area contributed by atoms with Gasteiger partial charge in [0, 0.05) is 18.5 Å². The van der Waals surface area contributed by atoms with Gasteiger partial charge in [-0.2, -0.15) is 5.10 Å². The van der Waals surface area contributed by atoms with Crippen LogP contribution in [0.15, 0.2) is 60.9 Å². The normalized spacial score (nSPS) is 10.3. The van der Waals surface area contributed by atoms with Crippen LogP contribution in [-0.4, -0.2) is 27.8 Å². The van der Waals surface area contributed by atoms with Crippen LogP contribution in [0.3, 0.4) is 0 Å². The molecule has 2 aromatic carbocycles. The van der Waals surface area contributed by atoms with E-state index in [1.165, 1.54) is 19.2 Å². The number of ether oxygens (including phenoxy) is 2. The minimum atomic E-state index is -0.646. The molecule has 132 valence electrons. The third-order valence-electron chi connectivity index (χ3n) is 3.69. The number of methoxy groups -OCH3 is 1. The highest BCUT2D eigenvalue weighted by Crippen LogP contribution is 2.27. The number of esters is 1. The summed E-state index contributed by atoms with van der Waals surface area (Å²) in [6, 6.07) is 13.1. The van der Waals surface area contributed by atoms with Gasteiger partial charge in [-0.3, -0.25) is 10.1 Å². The van der Waals surface area contributed by atoms with Gasteiger partial charge in [0.05, 0.1) is 23.3 Å². The molecule has 0 aliphatic rings. The van der Waals surface area contributed by atoms with Gasteiger partial charge in [-0.15, -0.1) is 0 Å². The molecular weight excluding hydrogens is 338 g/mol. The molecule has 0 saturated carbocycles. The Morgan fingerprint density at radius 1 is 1.23 bits per heavy atom.